The lowest BCUT2D eigenvalue weighted by Crippen LogP contribution is -2.71. The van der Waals surface area contributed by atoms with E-state index in [4.69, 9.17) is 90.0 Å². The highest BCUT2D eigenvalue weighted by atomic mass is 16.8. The first-order chi connectivity index (χ1) is 60.3. The third kappa shape index (κ3) is 23.1. The Morgan fingerprint density at radius 1 is 0.336 bits per heavy atom. The first-order valence-electron chi connectivity index (χ1n) is 40.6. The number of aliphatic hydroxyl groups excluding tert-OH is 28. The molecule has 4 amide bonds. The van der Waals surface area contributed by atoms with Crippen molar-refractivity contribution in [1.29, 1.82) is 0 Å². The van der Waals surface area contributed by atoms with Crippen LogP contribution in [-0.2, 0) is 114 Å². The quantitative estimate of drug-likeness (QED) is 0.0284. The van der Waals surface area contributed by atoms with Gasteiger partial charge in [-0.25, -0.2) is 4.79 Å². The Morgan fingerprint density at radius 2 is 0.680 bits per heavy atom. The molecule has 0 aliphatic carbocycles. The van der Waals surface area contributed by atoms with Crippen LogP contribution in [0.2, 0.25) is 0 Å². The highest BCUT2D eigenvalue weighted by Gasteiger charge is 2.64. The van der Waals surface area contributed by atoms with Crippen LogP contribution >= 0.6 is 0 Å². The molecule has 10 heterocycles. The van der Waals surface area contributed by atoms with Gasteiger partial charge in [0, 0.05) is 34.1 Å². The molecule has 740 valence electrons. The van der Waals surface area contributed by atoms with Crippen molar-refractivity contribution in [1.82, 2.24) is 21.3 Å². The van der Waals surface area contributed by atoms with E-state index in [1.54, 1.807) is 0 Å². The van der Waals surface area contributed by atoms with Crippen LogP contribution in [0.15, 0.2) is 0 Å². The molecule has 10 rings (SSSR count). The average Bonchev–Trinajstić information content (AvgIpc) is 0.752. The summed E-state index contributed by atoms with van der Waals surface area (Å²) in [6, 6.07) is -7.70. The maximum atomic E-state index is 13.3. The Labute approximate surface area is 723 Å². The fourth-order valence-electron chi connectivity index (χ4n) is 16.5. The van der Waals surface area contributed by atoms with E-state index in [1.165, 1.54) is 6.92 Å². The minimum absolute atomic E-state index is 0.853. The van der Waals surface area contributed by atoms with Gasteiger partial charge >= 0.3 is 5.97 Å². The van der Waals surface area contributed by atoms with Gasteiger partial charge in [-0.05, 0) is 6.92 Å². The topological polar surface area (TPSA) is 896 Å². The molecule has 57 nitrogen and oxygen atoms in total. The van der Waals surface area contributed by atoms with Gasteiger partial charge in [-0.3, -0.25) is 19.2 Å². The predicted octanol–water partition coefficient (Wildman–Crippen LogP) is -22.0. The van der Waals surface area contributed by atoms with Gasteiger partial charge in [0.2, 0.25) is 23.6 Å². The number of aliphatic hydroxyl groups is 28. The fraction of sp³-hybridized carbons (Fsp3) is 0.930. The molecule has 0 saturated carbocycles. The van der Waals surface area contributed by atoms with Crippen molar-refractivity contribution >= 4 is 29.6 Å². The molecule has 51 atom stereocenters. The molecule has 0 radical (unpaired) electrons. The third-order valence-corrected chi connectivity index (χ3v) is 23.4. The molecular formula is C71H118N4O53. The van der Waals surface area contributed by atoms with Gasteiger partial charge < -0.3 is 259 Å². The summed E-state index contributed by atoms with van der Waals surface area (Å²) in [6.45, 7) is -5.48. The summed E-state index contributed by atoms with van der Waals surface area (Å²) < 4.78 is 112. The molecular weight excluding hydrogens is 1760 g/mol. The standard InChI is InChI=1S/C71H118N4O53/c1-16-35(89)45(99)48(102)64(112-16)111-15-30-55(42(96)32(61(107)113-30)73-18(3)84)121-62-33(74-19(4)85)43(97)53(27(12-81)118-62)122-67-51(105)58(41(95)29(120-67)14-110-65-50(104)57(39(93)25(10-79)114-65)124-66-49(103)46(100)37(91)23(8-77)115-66)125-69-60(47(101)38(92)24(9-78)117-69)126-63-34(75-20(5)86)44(98)54(28(13-82)119-63)123-68-52(106)59(40(94)26(11-80)116-68)128-71(70(108)109)6-21(87)31(72-17(2)83)56(127-71)36(90)22(88)7-76/h16,21-69,76-82,87-107H,6-15H2,1-5H3,(H,72,83)(H,73,84)(H,74,85)(H,75,86)(H,108,109)/t16-,21+,22-,23-,24-,25-,26-,27-,28-,29-,30-,31-,32-,33-,34-,35+,36-,37-,38-,39-,40+,41-,42-,43-,44-,45+,46+,47+,48-,49+,50+,51+,52-,53-,54-,55-,56-,57+,58+,59+,60+,61+,62+,63+,64-,65+,66-,67+,68+,69-,71+/m1/s1. The summed E-state index contributed by atoms with van der Waals surface area (Å²) in [5, 5.41) is 333. The first kappa shape index (κ1) is 106. The summed E-state index contributed by atoms with van der Waals surface area (Å²) in [4.78, 5) is 64.5. The van der Waals surface area contributed by atoms with Crippen molar-refractivity contribution in [2.75, 3.05) is 59.5 Å². The predicted molar refractivity (Wildman–Crippen MR) is 392 cm³/mol. The van der Waals surface area contributed by atoms with Crippen LogP contribution in [0.1, 0.15) is 41.0 Å². The van der Waals surface area contributed by atoms with Crippen molar-refractivity contribution in [2.45, 2.75) is 353 Å². The molecule has 0 spiro atoms. The SMILES string of the molecule is CC(=O)N[C@@H]1[C@@H](O)[C@H](O[C@@H]2O[C@H](CO)[C@@H](O[C@@H]3O[C@H](CO[C@H]4O[C@H](CO)[C@@H](O)[C@H](O[C@H]5O[C@H](CO)[C@@H](O)[C@H](O)[C@@H]5O)[C@@H]4O)[C@@H](O)[C@H](O[C@H]4O[C@H](CO)[C@@H](O)[C@H](O)[C@@H]4O[C@@H]4O[C@H](CO)[C@@H](O[C@@H]5O[C@H](CO)[C@H](O)[C@H](O[C@]6(C(=O)O)C[C@H](O)[C@@H](NC(C)=O)[C@H]([C@H](O)[C@H](O)CO)O6)[C@H]5O)[C@H](O)[C@H]4NC(C)=O)[C@@H]3O)[C@H](O)[C@H]2NC(C)=O)[C@@H](CO[C@@H]2O[C@H](C)[C@H](O)[C@H](O)[C@H]2O)O[C@@H]1O. The molecule has 10 aliphatic rings. The van der Waals surface area contributed by atoms with Crippen molar-refractivity contribution in [3.8, 4) is 0 Å². The molecule has 0 unspecified atom stereocenters. The summed E-state index contributed by atoms with van der Waals surface area (Å²) in [7, 11) is 0. The molecule has 128 heavy (non-hydrogen) atoms. The molecule has 0 aromatic heterocycles. The van der Waals surface area contributed by atoms with Crippen LogP contribution in [0.3, 0.4) is 0 Å². The largest absolute Gasteiger partial charge is 0.477 e. The van der Waals surface area contributed by atoms with E-state index < -0.39 is 408 Å². The van der Waals surface area contributed by atoms with Crippen LogP contribution in [0.25, 0.3) is 0 Å². The van der Waals surface area contributed by atoms with Crippen molar-refractivity contribution in [3.63, 3.8) is 0 Å². The first-order valence-corrected chi connectivity index (χ1v) is 40.6. The van der Waals surface area contributed by atoms with Crippen LogP contribution in [0.5, 0.6) is 0 Å². The highest BCUT2D eigenvalue weighted by Crippen LogP contribution is 2.43. The minimum Gasteiger partial charge on any atom is -0.477 e. The van der Waals surface area contributed by atoms with E-state index in [9.17, 15) is 172 Å². The van der Waals surface area contributed by atoms with E-state index in [0.29, 0.717) is 0 Å². The Bertz CT molecular complexity index is 3530. The molecule has 0 bridgehead atoms. The number of nitrogens with one attached hydrogen (secondary N) is 4. The van der Waals surface area contributed by atoms with Crippen LogP contribution < -0.4 is 21.3 Å². The summed E-state index contributed by atoms with van der Waals surface area (Å²) in [6.07, 6.45) is -100. The van der Waals surface area contributed by atoms with E-state index in [1.807, 2.05) is 0 Å². The van der Waals surface area contributed by atoms with Crippen molar-refractivity contribution in [3.05, 3.63) is 0 Å². The second-order valence-corrected chi connectivity index (χ2v) is 32.4. The minimum atomic E-state index is -3.32. The number of carboxylic acid groups (broad SMARTS) is 1. The number of carbonyl (C=O) groups is 5. The summed E-state index contributed by atoms with van der Waals surface area (Å²) >= 11 is 0. The summed E-state index contributed by atoms with van der Waals surface area (Å²) in [5.41, 5.74) is 0. The number of carboxylic acids is 1. The number of aliphatic carboxylic acids is 1. The smallest absolute Gasteiger partial charge is 0.364 e. The van der Waals surface area contributed by atoms with Gasteiger partial charge in [-0.15, -0.1) is 0 Å². The maximum absolute atomic E-state index is 13.3. The van der Waals surface area contributed by atoms with E-state index >= 15 is 0 Å². The van der Waals surface area contributed by atoms with Crippen LogP contribution in [-0.4, -0.2) is 550 Å². The Kier molecular flexibility index (Phi) is 37.4. The molecule has 10 saturated heterocycles. The van der Waals surface area contributed by atoms with Gasteiger partial charge in [0.25, 0.3) is 5.79 Å². The molecule has 10 aliphatic heterocycles. The highest BCUT2D eigenvalue weighted by molar-refractivity contribution is 5.77. The lowest BCUT2D eigenvalue weighted by molar-refractivity contribution is -0.400. The molecule has 33 N–H and O–H groups in total. The van der Waals surface area contributed by atoms with E-state index in [-0.39, 0.29) is 0 Å². The number of hydrogen-bond donors (Lipinski definition) is 33. The van der Waals surface area contributed by atoms with Crippen molar-refractivity contribution < 1.29 is 262 Å². The lowest BCUT2D eigenvalue weighted by atomic mass is 9.88. The fourth-order valence-corrected chi connectivity index (χ4v) is 16.5. The number of carbonyl (C=O) groups excluding carboxylic acids is 4. The second-order valence-electron chi connectivity index (χ2n) is 32.4. The Morgan fingerprint density at radius 3 is 1.17 bits per heavy atom. The molecule has 57 heteroatoms. The molecule has 0 aromatic rings. The van der Waals surface area contributed by atoms with Gasteiger partial charge in [-0.1, -0.05) is 0 Å². The number of ether oxygens (including phenoxy) is 19. The number of rotatable bonds is 34. The van der Waals surface area contributed by atoms with E-state index in [2.05, 4.69) is 21.3 Å². The third-order valence-electron chi connectivity index (χ3n) is 23.4. The van der Waals surface area contributed by atoms with Gasteiger partial charge in [0.15, 0.2) is 56.6 Å². The number of hydrogen-bond acceptors (Lipinski definition) is 52. The van der Waals surface area contributed by atoms with Crippen LogP contribution in [0, 0.1) is 0 Å². The zero-order valence-electron chi connectivity index (χ0n) is 68.7. The zero-order valence-corrected chi connectivity index (χ0v) is 68.7. The number of amides is 4. The maximum Gasteiger partial charge on any atom is 0.364 e. The molecule has 0 aromatic carbocycles. The van der Waals surface area contributed by atoms with Crippen molar-refractivity contribution in [2.24, 2.45) is 0 Å². The van der Waals surface area contributed by atoms with Gasteiger partial charge in [-0.2, -0.15) is 0 Å². The second kappa shape index (κ2) is 45.4. The molecule has 10 fully saturated rings. The lowest BCUT2D eigenvalue weighted by Gasteiger charge is -2.51. The monoisotopic (exact) mass is 1870 g/mol. The van der Waals surface area contributed by atoms with Gasteiger partial charge in [0.1, 0.15) is 232 Å². The van der Waals surface area contributed by atoms with Crippen LogP contribution in [0.4, 0.5) is 0 Å². The average molecular weight is 1880 g/mol. The normalized spacial score (nSPS) is 48.4. The Balaban J connectivity index is 0.956. The zero-order chi connectivity index (χ0) is 94.6. The van der Waals surface area contributed by atoms with E-state index in [0.717, 1.165) is 27.7 Å². The summed E-state index contributed by atoms with van der Waals surface area (Å²) in [5.74, 6) is -9.30. The Hall–Kier alpha value is -4.53. The van der Waals surface area contributed by atoms with Gasteiger partial charge in [0.05, 0.1) is 77.7 Å².